The number of rotatable bonds is 1. The zero-order valence-corrected chi connectivity index (χ0v) is 8.28. The molecule has 0 aromatic heterocycles. The van der Waals surface area contributed by atoms with Gasteiger partial charge < -0.3 is 0 Å². The van der Waals surface area contributed by atoms with Crippen LogP contribution in [-0.4, -0.2) is 22.9 Å². The molecule has 1 aliphatic rings. The van der Waals surface area contributed by atoms with Crippen molar-refractivity contribution in [2.45, 2.75) is 0 Å². The van der Waals surface area contributed by atoms with Gasteiger partial charge in [0, 0.05) is 0 Å². The first-order chi connectivity index (χ1) is 3.93. The Morgan fingerprint density at radius 1 is 1.75 bits per heavy atom. The van der Waals surface area contributed by atoms with Crippen molar-refractivity contribution >= 4 is 34.7 Å². The first-order valence-corrected chi connectivity index (χ1v) is 6.83. The topological polar surface area (TPSA) is 23.8 Å². The fourth-order valence-electron chi connectivity index (χ4n) is 0.477. The van der Waals surface area contributed by atoms with Gasteiger partial charge in [0.25, 0.3) is 0 Å². The van der Waals surface area contributed by atoms with Crippen LogP contribution in [0.5, 0.6) is 0 Å². The number of hydrogen-bond acceptors (Lipinski definition) is 2. The van der Waals surface area contributed by atoms with Crippen LogP contribution in [0.3, 0.4) is 0 Å². The van der Waals surface area contributed by atoms with Crippen molar-refractivity contribution in [2.24, 2.45) is 0 Å². The number of hydrogen-bond donors (Lipinski definition) is 0. The van der Waals surface area contributed by atoms with E-state index in [0.29, 0.717) is 0 Å². The van der Waals surface area contributed by atoms with Crippen molar-refractivity contribution < 1.29 is 0 Å². The minimum atomic E-state index is -0.418. The van der Waals surface area contributed by atoms with E-state index in [1.54, 1.807) is 0 Å². The Morgan fingerprint density at radius 3 is 3.12 bits per heavy atom. The van der Waals surface area contributed by atoms with Crippen LogP contribution in [-0.2, 0) is 0 Å². The molecule has 1 rings (SSSR count). The van der Waals surface area contributed by atoms with E-state index < -0.39 is 22.9 Å². The second-order valence-electron chi connectivity index (χ2n) is 1.31. The average molecular weight is 224 g/mol. The number of allylic oxidation sites excluding steroid dienone is 1. The van der Waals surface area contributed by atoms with E-state index in [0.717, 1.165) is 4.91 Å². The van der Waals surface area contributed by atoms with Crippen molar-refractivity contribution in [3.63, 3.8) is 0 Å². The molecule has 3 heteroatoms. The van der Waals surface area contributed by atoms with Gasteiger partial charge in [-0.1, -0.05) is 0 Å². The second-order valence-corrected chi connectivity index (χ2v) is 5.32. The summed E-state index contributed by atoms with van der Waals surface area (Å²) >= 11 is 0.848. The molecule has 8 heavy (non-hydrogen) atoms. The standard InChI is InChI=1S/C5H3NS.In/c1-3-5(2)7-4-6;/h1-3H;. The summed E-state index contributed by atoms with van der Waals surface area (Å²) in [5.74, 6) is 0. The molecule has 0 fully saturated rings. The SMILES string of the molecule is N#CSC1=[CH][In][CH]=C1. The van der Waals surface area contributed by atoms with Crippen molar-refractivity contribution in [1.82, 2.24) is 0 Å². The number of thiocyanates is 1. The van der Waals surface area contributed by atoms with E-state index in [2.05, 4.69) is 13.7 Å². The molecule has 0 unspecified atom stereocenters. The van der Waals surface area contributed by atoms with Gasteiger partial charge in [0.05, 0.1) is 0 Å². The average Bonchev–Trinajstić information content (AvgIpc) is 2.19. The van der Waals surface area contributed by atoms with E-state index in [4.69, 9.17) is 5.26 Å². The molecule has 0 N–H and O–H groups in total. The van der Waals surface area contributed by atoms with Crippen LogP contribution in [0.4, 0.5) is 0 Å². The molecule has 37 valence electrons. The Bertz CT molecular complexity index is 177. The van der Waals surface area contributed by atoms with Gasteiger partial charge in [-0.3, -0.25) is 0 Å². The monoisotopic (exact) mass is 224 g/mol. The van der Waals surface area contributed by atoms with Crippen molar-refractivity contribution in [3.05, 3.63) is 18.6 Å². The molecule has 0 saturated carbocycles. The summed E-state index contributed by atoms with van der Waals surface area (Å²) < 4.78 is 4.46. The summed E-state index contributed by atoms with van der Waals surface area (Å²) in [6.45, 7) is 0. The zero-order valence-electron chi connectivity index (χ0n) is 4.16. The Kier molecular flexibility index (Phi) is 2.57. The van der Waals surface area contributed by atoms with Crippen LogP contribution in [0, 0.1) is 10.7 Å². The van der Waals surface area contributed by atoms with Crippen LogP contribution in [0.2, 0.25) is 0 Å². The minimum absolute atomic E-state index is 0.418. The fraction of sp³-hybridized carbons (Fsp3) is 0. The molecule has 0 saturated heterocycles. The predicted molar refractivity (Wildman–Crippen MR) is 36.2 cm³/mol. The van der Waals surface area contributed by atoms with E-state index in [1.165, 1.54) is 11.8 Å². The van der Waals surface area contributed by atoms with Crippen LogP contribution >= 0.6 is 11.8 Å². The first-order valence-electron chi connectivity index (χ1n) is 2.21. The first kappa shape index (κ1) is 6.31. The maximum atomic E-state index is 8.19. The summed E-state index contributed by atoms with van der Waals surface area (Å²) in [7, 11) is 0. The molecule has 1 radical (unpaired) electrons. The molecule has 0 aromatic carbocycles. The quantitative estimate of drug-likeness (QED) is 0.626. The van der Waals surface area contributed by atoms with Crippen LogP contribution in [0.1, 0.15) is 0 Å². The summed E-state index contributed by atoms with van der Waals surface area (Å²) in [6.07, 6.45) is 2.05. The van der Waals surface area contributed by atoms with Gasteiger partial charge in [-0.15, -0.1) is 0 Å². The van der Waals surface area contributed by atoms with Crippen molar-refractivity contribution in [1.29, 1.82) is 5.26 Å². The normalized spacial score (nSPS) is 14.6. The van der Waals surface area contributed by atoms with Gasteiger partial charge in [0.2, 0.25) is 0 Å². The van der Waals surface area contributed by atoms with Gasteiger partial charge in [0.15, 0.2) is 0 Å². The fourth-order valence-corrected chi connectivity index (χ4v) is 4.39. The molecule has 0 atom stereocenters. The Hall–Kier alpha value is 0.190. The van der Waals surface area contributed by atoms with Gasteiger partial charge in [-0.05, 0) is 0 Å². The summed E-state index contributed by atoms with van der Waals surface area (Å²) in [5.41, 5.74) is 0. The van der Waals surface area contributed by atoms with Gasteiger partial charge in [-0.2, -0.15) is 0 Å². The number of nitriles is 1. The molecule has 0 amide bonds. The van der Waals surface area contributed by atoms with Gasteiger partial charge in [-0.25, -0.2) is 0 Å². The Labute approximate surface area is 63.8 Å². The van der Waals surface area contributed by atoms with Crippen LogP contribution < -0.4 is 0 Å². The van der Waals surface area contributed by atoms with E-state index in [-0.39, 0.29) is 0 Å². The van der Waals surface area contributed by atoms with Crippen LogP contribution in [0.25, 0.3) is 0 Å². The molecule has 0 bridgehead atoms. The summed E-state index contributed by atoms with van der Waals surface area (Å²) in [5, 5.41) is 10.2. The maximum absolute atomic E-state index is 8.19. The Morgan fingerprint density at radius 2 is 2.62 bits per heavy atom. The van der Waals surface area contributed by atoms with Crippen LogP contribution in [0.15, 0.2) is 18.6 Å². The van der Waals surface area contributed by atoms with E-state index >= 15 is 0 Å². The molecule has 0 spiro atoms. The third kappa shape index (κ3) is 1.61. The summed E-state index contributed by atoms with van der Waals surface area (Å²) in [6, 6.07) is 0. The van der Waals surface area contributed by atoms with E-state index in [1.807, 2.05) is 5.40 Å². The number of nitrogens with zero attached hydrogens (tertiary/aromatic N) is 1. The zero-order chi connectivity index (χ0) is 5.82. The third-order valence-electron chi connectivity index (χ3n) is 0.796. The Balaban J connectivity index is 2.49. The molecule has 1 aliphatic heterocycles. The summed E-state index contributed by atoms with van der Waals surface area (Å²) in [4.78, 5) is 1.16. The predicted octanol–water partition coefficient (Wildman–Crippen LogP) is 1.27. The molecular weight excluding hydrogens is 221 g/mol. The van der Waals surface area contributed by atoms with Gasteiger partial charge >= 0.3 is 64.0 Å². The molecular formula is C5H3InNS. The second kappa shape index (κ2) is 3.26. The number of thioether (sulfide) groups is 1. The van der Waals surface area contributed by atoms with E-state index in [9.17, 15) is 0 Å². The third-order valence-corrected chi connectivity index (χ3v) is 4.84. The van der Waals surface area contributed by atoms with Crippen molar-refractivity contribution in [3.8, 4) is 5.40 Å². The van der Waals surface area contributed by atoms with Gasteiger partial charge in [0.1, 0.15) is 0 Å². The molecule has 1 heterocycles. The molecule has 1 nitrogen and oxygen atoms in total. The van der Waals surface area contributed by atoms with Crippen molar-refractivity contribution in [2.75, 3.05) is 0 Å². The molecule has 0 aliphatic carbocycles. The molecule has 0 aromatic rings.